The molecule has 0 bridgehead atoms. The Morgan fingerprint density at radius 3 is 2.30 bits per heavy atom. The fourth-order valence-corrected chi connectivity index (χ4v) is 4.23. The van der Waals surface area contributed by atoms with Crippen LogP contribution in [-0.2, 0) is 24.4 Å². The minimum absolute atomic E-state index is 0.0901. The van der Waals surface area contributed by atoms with Crippen LogP contribution in [0.15, 0.2) is 47.4 Å². The van der Waals surface area contributed by atoms with Crippen LogP contribution in [0, 0.1) is 19.8 Å². The molecule has 0 radical (unpaired) electrons. The number of benzene rings is 2. The molecule has 1 aliphatic heterocycles. The van der Waals surface area contributed by atoms with Gasteiger partial charge in [0.15, 0.2) is 0 Å². The Bertz CT molecular complexity index is 1110. The van der Waals surface area contributed by atoms with Crippen LogP contribution < -0.4 is 14.9 Å². The van der Waals surface area contributed by atoms with Crippen LogP contribution in [0.2, 0.25) is 0 Å². The van der Waals surface area contributed by atoms with Crippen molar-refractivity contribution < 1.29 is 22.8 Å². The molecule has 0 spiro atoms. The van der Waals surface area contributed by atoms with Gasteiger partial charge in [-0.05, 0) is 61.4 Å². The van der Waals surface area contributed by atoms with E-state index in [2.05, 4.69) is 5.32 Å². The SMILES string of the molecule is CC(=O)NS(=O)(=O)c1ccc(NC(=O)[C@@H]2CC(=O)N(c3ccc(C)c(C)c3)C2)cc1. The predicted octanol–water partition coefficient (Wildman–Crippen LogP) is 2.12. The van der Waals surface area contributed by atoms with Gasteiger partial charge in [-0.25, -0.2) is 13.1 Å². The van der Waals surface area contributed by atoms with Crippen molar-refractivity contribution in [3.05, 3.63) is 53.6 Å². The van der Waals surface area contributed by atoms with E-state index in [1.54, 1.807) is 4.90 Å². The van der Waals surface area contributed by atoms with Crippen molar-refractivity contribution in [1.82, 2.24) is 4.72 Å². The first-order chi connectivity index (χ1) is 14.1. The van der Waals surface area contributed by atoms with Crippen molar-refractivity contribution in [2.24, 2.45) is 5.92 Å². The molecule has 1 atom stereocenters. The van der Waals surface area contributed by atoms with Crippen molar-refractivity contribution in [2.45, 2.75) is 32.1 Å². The molecule has 9 heteroatoms. The Hall–Kier alpha value is -3.20. The number of aryl methyl sites for hydroxylation is 2. The van der Waals surface area contributed by atoms with Crippen LogP contribution in [0.3, 0.4) is 0 Å². The summed E-state index contributed by atoms with van der Waals surface area (Å²) in [7, 11) is -3.94. The van der Waals surface area contributed by atoms with E-state index < -0.39 is 21.8 Å². The highest BCUT2D eigenvalue weighted by Crippen LogP contribution is 2.27. The third kappa shape index (κ3) is 4.68. The molecule has 158 valence electrons. The van der Waals surface area contributed by atoms with Gasteiger partial charge in [0.25, 0.3) is 10.0 Å². The number of anilines is 2. The van der Waals surface area contributed by atoms with Crippen molar-refractivity contribution in [2.75, 3.05) is 16.8 Å². The molecule has 0 aromatic heterocycles. The van der Waals surface area contributed by atoms with Gasteiger partial charge < -0.3 is 10.2 Å². The lowest BCUT2D eigenvalue weighted by atomic mass is 10.1. The average Bonchev–Trinajstić information content (AvgIpc) is 3.05. The summed E-state index contributed by atoms with van der Waals surface area (Å²) >= 11 is 0. The van der Waals surface area contributed by atoms with Gasteiger partial charge in [0.1, 0.15) is 0 Å². The lowest BCUT2D eigenvalue weighted by molar-refractivity contribution is -0.122. The van der Waals surface area contributed by atoms with Gasteiger partial charge in [-0.3, -0.25) is 14.4 Å². The Kier molecular flexibility index (Phi) is 5.93. The highest BCUT2D eigenvalue weighted by molar-refractivity contribution is 7.90. The lowest BCUT2D eigenvalue weighted by Gasteiger charge is -2.18. The summed E-state index contributed by atoms with van der Waals surface area (Å²) < 4.78 is 25.8. The molecule has 3 rings (SSSR count). The van der Waals surface area contributed by atoms with Gasteiger partial charge in [0, 0.05) is 31.3 Å². The van der Waals surface area contributed by atoms with Gasteiger partial charge >= 0.3 is 0 Å². The molecule has 0 unspecified atom stereocenters. The zero-order valence-electron chi connectivity index (χ0n) is 16.9. The number of carbonyl (C=O) groups is 3. The van der Waals surface area contributed by atoms with Gasteiger partial charge in [-0.2, -0.15) is 0 Å². The number of rotatable bonds is 5. The molecule has 2 aromatic carbocycles. The fraction of sp³-hybridized carbons (Fsp3) is 0.286. The third-order valence-electron chi connectivity index (χ3n) is 5.01. The molecule has 2 N–H and O–H groups in total. The fourth-order valence-electron chi connectivity index (χ4n) is 3.24. The van der Waals surface area contributed by atoms with E-state index in [-0.39, 0.29) is 29.7 Å². The number of amides is 3. The Morgan fingerprint density at radius 2 is 1.70 bits per heavy atom. The molecular formula is C21H23N3O5S. The van der Waals surface area contributed by atoms with Crippen LogP contribution in [0.5, 0.6) is 0 Å². The summed E-state index contributed by atoms with van der Waals surface area (Å²) in [5.74, 6) is -1.63. The second-order valence-electron chi connectivity index (χ2n) is 7.35. The Labute approximate surface area is 175 Å². The molecule has 8 nitrogen and oxygen atoms in total. The van der Waals surface area contributed by atoms with Crippen molar-refractivity contribution in [1.29, 1.82) is 0 Å². The van der Waals surface area contributed by atoms with E-state index in [1.807, 2.05) is 36.8 Å². The summed E-state index contributed by atoms with van der Waals surface area (Å²) in [5.41, 5.74) is 3.37. The lowest BCUT2D eigenvalue weighted by Crippen LogP contribution is -2.28. The number of nitrogens with one attached hydrogen (secondary N) is 2. The zero-order valence-corrected chi connectivity index (χ0v) is 17.7. The highest BCUT2D eigenvalue weighted by Gasteiger charge is 2.35. The number of carbonyl (C=O) groups excluding carboxylic acids is 3. The topological polar surface area (TPSA) is 113 Å². The normalized spacial score (nSPS) is 16.4. The van der Waals surface area contributed by atoms with Gasteiger partial charge in [-0.15, -0.1) is 0 Å². The Balaban J connectivity index is 1.67. The largest absolute Gasteiger partial charge is 0.326 e. The molecule has 30 heavy (non-hydrogen) atoms. The molecule has 1 aliphatic rings. The van der Waals surface area contributed by atoms with Crippen LogP contribution in [-0.4, -0.2) is 32.7 Å². The molecule has 0 saturated carbocycles. The second-order valence-corrected chi connectivity index (χ2v) is 9.03. The van der Waals surface area contributed by atoms with E-state index in [0.29, 0.717) is 5.69 Å². The van der Waals surface area contributed by atoms with Crippen molar-refractivity contribution >= 4 is 39.1 Å². The maximum Gasteiger partial charge on any atom is 0.264 e. The van der Waals surface area contributed by atoms with E-state index >= 15 is 0 Å². The first-order valence-electron chi connectivity index (χ1n) is 9.39. The average molecular weight is 429 g/mol. The Morgan fingerprint density at radius 1 is 1.03 bits per heavy atom. The van der Waals surface area contributed by atoms with Crippen LogP contribution >= 0.6 is 0 Å². The first kappa shape index (κ1) is 21.5. The van der Waals surface area contributed by atoms with Gasteiger partial charge in [0.2, 0.25) is 17.7 Å². The van der Waals surface area contributed by atoms with Gasteiger partial charge in [-0.1, -0.05) is 6.07 Å². The summed E-state index contributed by atoms with van der Waals surface area (Å²) in [4.78, 5) is 37.6. The zero-order chi connectivity index (χ0) is 22.1. The smallest absolute Gasteiger partial charge is 0.264 e. The summed E-state index contributed by atoms with van der Waals surface area (Å²) in [6.45, 7) is 5.35. The van der Waals surface area contributed by atoms with Crippen LogP contribution in [0.1, 0.15) is 24.5 Å². The van der Waals surface area contributed by atoms with Crippen LogP contribution in [0.25, 0.3) is 0 Å². The second kappa shape index (κ2) is 8.27. The maximum atomic E-state index is 12.6. The molecule has 3 amide bonds. The minimum Gasteiger partial charge on any atom is -0.326 e. The molecule has 1 fully saturated rings. The summed E-state index contributed by atoms with van der Waals surface area (Å²) in [6, 6.07) is 11.2. The monoisotopic (exact) mass is 429 g/mol. The van der Waals surface area contributed by atoms with E-state index in [9.17, 15) is 22.8 Å². The van der Waals surface area contributed by atoms with Crippen LogP contribution in [0.4, 0.5) is 11.4 Å². The van der Waals surface area contributed by atoms with E-state index in [0.717, 1.165) is 23.7 Å². The third-order valence-corrected chi connectivity index (χ3v) is 6.46. The van der Waals surface area contributed by atoms with Gasteiger partial charge in [0.05, 0.1) is 10.8 Å². The minimum atomic E-state index is -3.94. The number of hydrogen-bond donors (Lipinski definition) is 2. The molecule has 2 aromatic rings. The summed E-state index contributed by atoms with van der Waals surface area (Å²) in [6.07, 6.45) is 0.105. The quantitative estimate of drug-likeness (QED) is 0.756. The molecule has 0 aliphatic carbocycles. The molecule has 1 saturated heterocycles. The summed E-state index contributed by atoms with van der Waals surface area (Å²) in [5, 5.41) is 2.72. The number of hydrogen-bond acceptors (Lipinski definition) is 5. The molecular weight excluding hydrogens is 406 g/mol. The van der Waals surface area contributed by atoms with E-state index in [4.69, 9.17) is 0 Å². The van der Waals surface area contributed by atoms with E-state index in [1.165, 1.54) is 24.3 Å². The predicted molar refractivity (Wildman–Crippen MR) is 112 cm³/mol. The van der Waals surface area contributed by atoms with Crippen molar-refractivity contribution in [3.8, 4) is 0 Å². The number of nitrogens with zero attached hydrogens (tertiary/aromatic N) is 1. The van der Waals surface area contributed by atoms with Crippen molar-refractivity contribution in [3.63, 3.8) is 0 Å². The molecule has 1 heterocycles. The standard InChI is InChI=1S/C21H23N3O5S/c1-13-4-7-18(10-14(13)2)24-12-16(11-20(24)26)21(27)22-17-5-8-19(9-6-17)30(28,29)23-15(3)25/h4-10,16H,11-12H2,1-3H3,(H,22,27)(H,23,25)/t16-/m1/s1. The number of sulfonamides is 1. The first-order valence-corrected chi connectivity index (χ1v) is 10.9. The maximum absolute atomic E-state index is 12.6. The highest BCUT2D eigenvalue weighted by atomic mass is 32.2.